The summed E-state index contributed by atoms with van der Waals surface area (Å²) in [6.45, 7) is 5.25. The molecule has 0 saturated carbocycles. The summed E-state index contributed by atoms with van der Waals surface area (Å²) in [5, 5.41) is 9.29. The van der Waals surface area contributed by atoms with Crippen molar-refractivity contribution in [2.45, 2.75) is 51.4 Å². The smallest absolute Gasteiger partial charge is 0.150 e. The van der Waals surface area contributed by atoms with Gasteiger partial charge in [-0.05, 0) is 57.2 Å². The number of fused-ring (bicyclic) bond motifs is 1. The van der Waals surface area contributed by atoms with Gasteiger partial charge in [0.05, 0.1) is 23.6 Å². The number of hydrogen-bond donors (Lipinski definition) is 1. The zero-order valence-corrected chi connectivity index (χ0v) is 15.8. The normalized spacial score (nSPS) is 26.0. The first-order valence-electron chi connectivity index (χ1n) is 10.1. The monoisotopic (exact) mass is 365 g/mol. The Hall–Kier alpha value is -2.18. The van der Waals surface area contributed by atoms with Crippen LogP contribution in [-0.2, 0) is 11.3 Å². The highest BCUT2D eigenvalue weighted by atomic mass is 16.5. The van der Waals surface area contributed by atoms with Crippen molar-refractivity contribution in [2.24, 2.45) is 5.92 Å². The van der Waals surface area contributed by atoms with E-state index in [1.807, 2.05) is 17.1 Å². The highest BCUT2D eigenvalue weighted by Gasteiger charge is 2.21. The Morgan fingerprint density at radius 2 is 2.26 bits per heavy atom. The molecule has 6 heteroatoms. The second kappa shape index (κ2) is 7.09. The van der Waals surface area contributed by atoms with E-state index in [0.717, 1.165) is 43.8 Å². The number of nitrogens with one attached hydrogen (secondary N) is 1. The first-order valence-corrected chi connectivity index (χ1v) is 10.1. The molecule has 3 aromatic heterocycles. The molecule has 3 aromatic rings. The van der Waals surface area contributed by atoms with E-state index in [0.29, 0.717) is 12.0 Å². The Bertz CT molecular complexity index is 924. The molecule has 2 aliphatic rings. The third-order valence-corrected chi connectivity index (χ3v) is 5.90. The van der Waals surface area contributed by atoms with Gasteiger partial charge in [-0.1, -0.05) is 0 Å². The summed E-state index contributed by atoms with van der Waals surface area (Å²) in [5.74, 6) is 0.698. The van der Waals surface area contributed by atoms with Crippen LogP contribution in [0.5, 0.6) is 0 Å². The van der Waals surface area contributed by atoms with E-state index in [1.54, 1.807) is 0 Å². The van der Waals surface area contributed by atoms with Crippen molar-refractivity contribution in [3.05, 3.63) is 36.9 Å². The molecule has 2 fully saturated rings. The molecular weight excluding hydrogens is 338 g/mol. The van der Waals surface area contributed by atoms with Crippen LogP contribution in [-0.4, -0.2) is 38.5 Å². The van der Waals surface area contributed by atoms with Crippen LogP contribution in [0.2, 0.25) is 0 Å². The third kappa shape index (κ3) is 3.39. The molecule has 142 valence electrons. The molecule has 5 heterocycles. The Kier molecular flexibility index (Phi) is 4.45. The summed E-state index contributed by atoms with van der Waals surface area (Å²) in [4.78, 5) is 4.73. The lowest BCUT2D eigenvalue weighted by Gasteiger charge is -2.22. The van der Waals surface area contributed by atoms with Crippen molar-refractivity contribution >= 4 is 10.9 Å². The van der Waals surface area contributed by atoms with E-state index in [9.17, 15) is 0 Å². The van der Waals surface area contributed by atoms with Crippen molar-refractivity contribution < 1.29 is 4.74 Å². The van der Waals surface area contributed by atoms with Gasteiger partial charge in [0, 0.05) is 42.5 Å². The largest absolute Gasteiger partial charge is 0.357 e. The van der Waals surface area contributed by atoms with Crippen molar-refractivity contribution in [3.63, 3.8) is 0 Å². The molecular formula is C21H27N5O. The molecule has 0 aromatic carbocycles. The zero-order valence-electron chi connectivity index (χ0n) is 15.8. The fourth-order valence-electron chi connectivity index (χ4n) is 4.42. The summed E-state index contributed by atoms with van der Waals surface area (Å²) in [6, 6.07) is 5.00. The fraction of sp³-hybridized carbons (Fsp3) is 0.524. The maximum atomic E-state index is 5.83. The predicted octanol–water partition coefficient (Wildman–Crippen LogP) is 3.60. The van der Waals surface area contributed by atoms with Gasteiger partial charge in [-0.15, -0.1) is 0 Å². The Morgan fingerprint density at radius 3 is 3.07 bits per heavy atom. The Morgan fingerprint density at radius 1 is 1.30 bits per heavy atom. The number of nitrogens with zero attached hydrogens (tertiary/aromatic N) is 4. The molecule has 0 amide bonds. The summed E-state index contributed by atoms with van der Waals surface area (Å²) in [5.41, 5.74) is 3.23. The minimum atomic E-state index is 0.0692. The van der Waals surface area contributed by atoms with Gasteiger partial charge in [-0.2, -0.15) is 5.10 Å². The summed E-state index contributed by atoms with van der Waals surface area (Å²) in [7, 11) is 0. The standard InChI is InChI=1S/C21H27N5O/c1-15-8-16(10-22-15)13-25-6-5-17-9-19(23-12-20(17)25)18-11-24-26(14-18)21-4-2-3-7-27-21/h5-6,9,11-12,14-16,21-22H,2-4,7-8,10,13H2,1H3/t15-,16+,21?/m0/s1. The lowest BCUT2D eigenvalue weighted by Crippen LogP contribution is -2.18. The maximum absolute atomic E-state index is 5.83. The highest BCUT2D eigenvalue weighted by Crippen LogP contribution is 2.27. The second-order valence-corrected chi connectivity index (χ2v) is 8.04. The van der Waals surface area contributed by atoms with Crippen molar-refractivity contribution in [1.82, 2.24) is 24.6 Å². The van der Waals surface area contributed by atoms with E-state index in [-0.39, 0.29) is 6.23 Å². The van der Waals surface area contributed by atoms with Crippen LogP contribution < -0.4 is 5.32 Å². The zero-order chi connectivity index (χ0) is 18.2. The first kappa shape index (κ1) is 17.0. The van der Waals surface area contributed by atoms with Crippen LogP contribution in [0.4, 0.5) is 0 Å². The average molecular weight is 365 g/mol. The number of aromatic nitrogens is 4. The lowest BCUT2D eigenvalue weighted by molar-refractivity contribution is -0.0394. The van der Waals surface area contributed by atoms with Gasteiger partial charge in [-0.3, -0.25) is 4.98 Å². The Balaban J connectivity index is 1.36. The number of hydrogen-bond acceptors (Lipinski definition) is 4. The molecule has 27 heavy (non-hydrogen) atoms. The van der Waals surface area contributed by atoms with Crippen LogP contribution in [0.1, 0.15) is 38.8 Å². The molecule has 1 N–H and O–H groups in total. The molecule has 0 bridgehead atoms. The highest BCUT2D eigenvalue weighted by molar-refractivity contribution is 5.83. The topological polar surface area (TPSA) is 56.9 Å². The van der Waals surface area contributed by atoms with E-state index in [4.69, 9.17) is 9.72 Å². The number of ether oxygens (including phenoxy) is 1. The Labute approximate surface area is 159 Å². The van der Waals surface area contributed by atoms with Gasteiger partial charge in [0.2, 0.25) is 0 Å². The minimum Gasteiger partial charge on any atom is -0.357 e. The van der Waals surface area contributed by atoms with Crippen LogP contribution in [0.25, 0.3) is 22.2 Å². The first-order chi connectivity index (χ1) is 13.3. The van der Waals surface area contributed by atoms with Crippen LogP contribution in [0, 0.1) is 5.92 Å². The quantitative estimate of drug-likeness (QED) is 0.768. The average Bonchev–Trinajstić information content (AvgIpc) is 3.43. The van der Waals surface area contributed by atoms with Gasteiger partial charge < -0.3 is 14.6 Å². The van der Waals surface area contributed by atoms with Gasteiger partial charge in [0.1, 0.15) is 6.23 Å². The van der Waals surface area contributed by atoms with Crippen LogP contribution in [0.15, 0.2) is 36.9 Å². The lowest BCUT2D eigenvalue weighted by atomic mass is 10.1. The molecule has 0 radical (unpaired) electrons. The van der Waals surface area contributed by atoms with E-state index in [1.165, 1.54) is 23.7 Å². The molecule has 0 aliphatic carbocycles. The van der Waals surface area contributed by atoms with E-state index < -0.39 is 0 Å². The minimum absolute atomic E-state index is 0.0692. The van der Waals surface area contributed by atoms with Crippen molar-refractivity contribution in [1.29, 1.82) is 0 Å². The van der Waals surface area contributed by atoms with Crippen LogP contribution in [0.3, 0.4) is 0 Å². The van der Waals surface area contributed by atoms with Crippen molar-refractivity contribution in [3.8, 4) is 11.3 Å². The van der Waals surface area contributed by atoms with Crippen molar-refractivity contribution in [2.75, 3.05) is 13.2 Å². The summed E-state index contributed by atoms with van der Waals surface area (Å²) < 4.78 is 10.1. The number of rotatable bonds is 4. The summed E-state index contributed by atoms with van der Waals surface area (Å²) in [6.07, 6.45) is 12.9. The second-order valence-electron chi connectivity index (χ2n) is 8.04. The molecule has 6 nitrogen and oxygen atoms in total. The molecule has 3 atom stereocenters. The van der Waals surface area contributed by atoms with Gasteiger partial charge >= 0.3 is 0 Å². The molecule has 0 spiro atoms. The molecule has 2 saturated heterocycles. The SMILES string of the molecule is C[C@H]1C[C@@H](Cn2ccc3cc(-c4cnn(C5CCCCO5)c4)ncc32)CN1. The van der Waals surface area contributed by atoms with Gasteiger partial charge in [0.25, 0.3) is 0 Å². The molecule has 5 rings (SSSR count). The maximum Gasteiger partial charge on any atom is 0.150 e. The molecule has 2 aliphatic heterocycles. The van der Waals surface area contributed by atoms with Gasteiger partial charge in [0.15, 0.2) is 0 Å². The van der Waals surface area contributed by atoms with Gasteiger partial charge in [-0.25, -0.2) is 4.68 Å². The number of pyridine rings is 1. The van der Waals surface area contributed by atoms with E-state index in [2.05, 4.69) is 46.4 Å². The molecule has 1 unspecified atom stereocenters. The summed E-state index contributed by atoms with van der Waals surface area (Å²) >= 11 is 0. The predicted molar refractivity (Wildman–Crippen MR) is 105 cm³/mol. The fourth-order valence-corrected chi connectivity index (χ4v) is 4.42. The third-order valence-electron chi connectivity index (χ3n) is 5.90. The van der Waals surface area contributed by atoms with Crippen LogP contribution >= 0.6 is 0 Å². The van der Waals surface area contributed by atoms with E-state index >= 15 is 0 Å².